The van der Waals surface area contributed by atoms with Gasteiger partial charge >= 0.3 is 0 Å². The molecule has 0 heterocycles. The molecule has 2 nitrogen and oxygen atoms in total. The van der Waals surface area contributed by atoms with Gasteiger partial charge in [-0.2, -0.15) is 0 Å². The average Bonchev–Trinajstić information content (AvgIpc) is 3.42. The molecule has 8 aromatic rings. The lowest BCUT2D eigenvalue weighted by Crippen LogP contribution is -2.22. The Morgan fingerprint density at radius 1 is 0.442 bits per heavy atom. The highest BCUT2D eigenvalue weighted by Crippen LogP contribution is 2.50. The predicted octanol–water partition coefficient (Wildman–Crippen LogP) is 13.5. The van der Waals surface area contributed by atoms with E-state index in [1.165, 1.54) is 77.7 Å². The fourth-order valence-corrected chi connectivity index (χ4v) is 8.29. The number of benzene rings is 8. The minimum absolute atomic E-state index is 0.116. The van der Waals surface area contributed by atoms with Gasteiger partial charge in [-0.25, -0.2) is 0 Å². The van der Waals surface area contributed by atoms with Crippen molar-refractivity contribution < 1.29 is 0 Å². The van der Waals surface area contributed by atoms with E-state index in [0.29, 0.717) is 0 Å². The molecule has 1 aliphatic carbocycles. The number of nitrogens with zero attached hydrogens (tertiary/aromatic N) is 2. The second kappa shape index (κ2) is 12.9. The maximum atomic E-state index is 2.48. The number of rotatable bonds is 8. The van der Waals surface area contributed by atoms with Crippen molar-refractivity contribution >= 4 is 44.3 Å². The SMILES string of the molecule is CC(c1ccc2c(c1)C(C)(C)c1cc(CN(c3ccccc3)c3ccc4ccccc4c3)ccc1-2)N(c1ccccc1)c1ccc2ccccc2c1. The van der Waals surface area contributed by atoms with Crippen LogP contribution in [-0.4, -0.2) is 0 Å². The van der Waals surface area contributed by atoms with Crippen molar-refractivity contribution in [3.05, 3.63) is 204 Å². The van der Waals surface area contributed by atoms with Crippen molar-refractivity contribution in [1.82, 2.24) is 0 Å². The first-order valence-electron chi connectivity index (χ1n) is 18.4. The second-order valence-corrected chi connectivity index (χ2v) is 14.7. The third-order valence-electron chi connectivity index (χ3n) is 11.1. The lowest BCUT2D eigenvalue weighted by atomic mass is 9.81. The Morgan fingerprint density at radius 2 is 0.962 bits per heavy atom. The smallest absolute Gasteiger partial charge is 0.0563 e. The molecule has 1 aliphatic rings. The molecule has 52 heavy (non-hydrogen) atoms. The van der Waals surface area contributed by atoms with Crippen LogP contribution in [0.25, 0.3) is 32.7 Å². The molecule has 0 fully saturated rings. The molecule has 0 saturated carbocycles. The summed E-state index contributed by atoms with van der Waals surface area (Å²) < 4.78 is 0. The van der Waals surface area contributed by atoms with Gasteiger partial charge in [-0.1, -0.05) is 147 Å². The highest BCUT2D eigenvalue weighted by Gasteiger charge is 2.36. The summed E-state index contributed by atoms with van der Waals surface area (Å²) in [7, 11) is 0. The standard InChI is InChI=1S/C50H42N2/c1-35(52(43-20-8-5-9-21-43)45-27-24-38-15-11-13-17-41(38)32-45)39-25-29-47-46-28-22-36(30-48(46)50(2,3)49(47)33-39)34-51(42-18-6-4-7-19-42)44-26-23-37-14-10-12-16-40(37)31-44/h4-33,35H,34H2,1-3H3. The van der Waals surface area contributed by atoms with Gasteiger partial charge in [0.1, 0.15) is 0 Å². The quantitative estimate of drug-likeness (QED) is 0.159. The molecule has 0 aromatic heterocycles. The monoisotopic (exact) mass is 670 g/mol. The zero-order chi connectivity index (χ0) is 35.2. The molecule has 0 N–H and O–H groups in total. The van der Waals surface area contributed by atoms with Crippen LogP contribution in [0.3, 0.4) is 0 Å². The Labute approximate surface area is 307 Å². The molecule has 2 heteroatoms. The molecule has 0 saturated heterocycles. The van der Waals surface area contributed by atoms with Crippen molar-refractivity contribution in [1.29, 1.82) is 0 Å². The van der Waals surface area contributed by atoms with Crippen molar-refractivity contribution in [3.63, 3.8) is 0 Å². The first-order valence-corrected chi connectivity index (χ1v) is 18.4. The van der Waals surface area contributed by atoms with Crippen LogP contribution < -0.4 is 9.80 Å². The second-order valence-electron chi connectivity index (χ2n) is 14.7. The first kappa shape index (κ1) is 31.8. The molecule has 252 valence electrons. The van der Waals surface area contributed by atoms with E-state index in [4.69, 9.17) is 0 Å². The Bertz CT molecular complexity index is 2550. The van der Waals surface area contributed by atoms with Gasteiger partial charge in [0.2, 0.25) is 0 Å². The van der Waals surface area contributed by atoms with E-state index in [2.05, 4.69) is 213 Å². The number of fused-ring (bicyclic) bond motifs is 5. The Morgan fingerprint density at radius 3 is 1.62 bits per heavy atom. The summed E-state index contributed by atoms with van der Waals surface area (Å²) in [6.07, 6.45) is 0. The Balaban J connectivity index is 1.07. The predicted molar refractivity (Wildman–Crippen MR) is 221 cm³/mol. The lowest BCUT2D eigenvalue weighted by Gasteiger charge is -2.33. The molecule has 0 radical (unpaired) electrons. The lowest BCUT2D eigenvalue weighted by molar-refractivity contribution is 0.655. The van der Waals surface area contributed by atoms with Crippen LogP contribution in [-0.2, 0) is 12.0 Å². The van der Waals surface area contributed by atoms with E-state index >= 15 is 0 Å². The average molecular weight is 671 g/mol. The highest BCUT2D eigenvalue weighted by molar-refractivity contribution is 5.88. The van der Waals surface area contributed by atoms with Gasteiger partial charge in [-0.15, -0.1) is 0 Å². The third-order valence-corrected chi connectivity index (χ3v) is 11.1. The van der Waals surface area contributed by atoms with Gasteiger partial charge < -0.3 is 9.80 Å². The van der Waals surface area contributed by atoms with Gasteiger partial charge in [-0.3, -0.25) is 0 Å². The maximum absolute atomic E-state index is 2.48. The summed E-state index contributed by atoms with van der Waals surface area (Å²) in [4.78, 5) is 4.92. The van der Waals surface area contributed by atoms with E-state index in [1.54, 1.807) is 0 Å². The van der Waals surface area contributed by atoms with Crippen molar-refractivity contribution in [2.24, 2.45) is 0 Å². The van der Waals surface area contributed by atoms with Crippen molar-refractivity contribution in [2.45, 2.75) is 38.8 Å². The molecule has 9 rings (SSSR count). The summed E-state index contributed by atoms with van der Waals surface area (Å²) in [5, 5.41) is 5.02. The fourth-order valence-electron chi connectivity index (χ4n) is 8.29. The first-order chi connectivity index (χ1) is 25.4. The summed E-state index contributed by atoms with van der Waals surface area (Å²) in [6.45, 7) is 7.91. The number of hydrogen-bond acceptors (Lipinski definition) is 2. The number of anilines is 4. The van der Waals surface area contributed by atoms with Crippen LogP contribution in [0, 0.1) is 0 Å². The molecule has 8 aromatic carbocycles. The van der Waals surface area contributed by atoms with Crippen LogP contribution >= 0.6 is 0 Å². The van der Waals surface area contributed by atoms with E-state index in [1.807, 2.05) is 0 Å². The molecule has 0 aliphatic heterocycles. The molecular weight excluding hydrogens is 629 g/mol. The minimum Gasteiger partial charge on any atom is -0.337 e. The molecule has 1 atom stereocenters. The fraction of sp³-hybridized carbons (Fsp3) is 0.120. The topological polar surface area (TPSA) is 6.48 Å². The van der Waals surface area contributed by atoms with Gasteiger partial charge in [0.05, 0.1) is 6.04 Å². The summed E-state index contributed by atoms with van der Waals surface area (Å²) in [5.41, 5.74) is 12.7. The maximum Gasteiger partial charge on any atom is 0.0563 e. The minimum atomic E-state index is -0.141. The van der Waals surface area contributed by atoms with Crippen LogP contribution in [0.4, 0.5) is 22.7 Å². The summed E-state index contributed by atoms with van der Waals surface area (Å²) in [5.74, 6) is 0. The molecule has 1 unspecified atom stereocenters. The van der Waals surface area contributed by atoms with E-state index < -0.39 is 0 Å². The largest absolute Gasteiger partial charge is 0.337 e. The van der Waals surface area contributed by atoms with Gasteiger partial charge in [0.25, 0.3) is 0 Å². The number of hydrogen-bond donors (Lipinski definition) is 0. The molecule has 0 amide bonds. The van der Waals surface area contributed by atoms with Crippen molar-refractivity contribution in [3.8, 4) is 11.1 Å². The Kier molecular flexibility index (Phi) is 7.89. The van der Waals surface area contributed by atoms with E-state index in [-0.39, 0.29) is 11.5 Å². The molecule has 0 bridgehead atoms. The normalized spacial score (nSPS) is 13.4. The summed E-state index contributed by atoms with van der Waals surface area (Å²) in [6, 6.07) is 66.9. The van der Waals surface area contributed by atoms with Gasteiger partial charge in [-0.05, 0) is 110 Å². The third kappa shape index (κ3) is 5.61. The van der Waals surface area contributed by atoms with Gasteiger partial charge in [0.15, 0.2) is 0 Å². The van der Waals surface area contributed by atoms with Crippen LogP contribution in [0.1, 0.15) is 49.1 Å². The van der Waals surface area contributed by atoms with Crippen LogP contribution in [0.15, 0.2) is 182 Å². The highest BCUT2D eigenvalue weighted by atomic mass is 15.2. The summed E-state index contributed by atoms with van der Waals surface area (Å²) >= 11 is 0. The van der Waals surface area contributed by atoms with Crippen molar-refractivity contribution in [2.75, 3.05) is 9.80 Å². The van der Waals surface area contributed by atoms with E-state index in [9.17, 15) is 0 Å². The van der Waals surface area contributed by atoms with Crippen LogP contribution in [0.5, 0.6) is 0 Å². The zero-order valence-corrected chi connectivity index (χ0v) is 30.0. The zero-order valence-electron chi connectivity index (χ0n) is 30.0. The Hall–Kier alpha value is -6.12. The van der Waals surface area contributed by atoms with E-state index in [0.717, 1.165) is 6.54 Å². The van der Waals surface area contributed by atoms with Crippen LogP contribution in [0.2, 0.25) is 0 Å². The molecular formula is C50H42N2. The number of para-hydroxylation sites is 2. The van der Waals surface area contributed by atoms with Gasteiger partial charge in [0, 0.05) is 34.7 Å². The molecule has 0 spiro atoms.